The van der Waals surface area contributed by atoms with Gasteiger partial charge in [0.2, 0.25) is 0 Å². The summed E-state index contributed by atoms with van der Waals surface area (Å²) >= 11 is 0. The zero-order chi connectivity index (χ0) is 12.2. The molecule has 0 saturated carbocycles. The summed E-state index contributed by atoms with van der Waals surface area (Å²) in [5, 5.41) is 3.79. The molecule has 16 heavy (non-hydrogen) atoms. The van der Waals surface area contributed by atoms with Gasteiger partial charge in [-0.1, -0.05) is 24.6 Å². The van der Waals surface area contributed by atoms with Crippen LogP contribution in [0.1, 0.15) is 25.8 Å². The maximum Gasteiger partial charge on any atom is 0.276 e. The molecular weight excluding hydrogens is 224 g/mol. The molecule has 1 aromatic rings. The van der Waals surface area contributed by atoms with E-state index < -0.39 is 10.0 Å². The Morgan fingerprint density at radius 2 is 1.88 bits per heavy atom. The van der Waals surface area contributed by atoms with E-state index in [1.54, 1.807) is 31.2 Å². The van der Waals surface area contributed by atoms with Gasteiger partial charge < -0.3 is 0 Å². The molecule has 5 heteroatoms. The number of nitrogens with zero attached hydrogens (tertiary/aromatic N) is 1. The van der Waals surface area contributed by atoms with E-state index in [9.17, 15) is 8.42 Å². The molecule has 0 aromatic heterocycles. The Bertz CT molecular complexity index is 475. The van der Waals surface area contributed by atoms with E-state index in [2.05, 4.69) is 9.93 Å². The van der Waals surface area contributed by atoms with Crippen LogP contribution in [-0.4, -0.2) is 14.1 Å². The Morgan fingerprint density at radius 1 is 1.31 bits per heavy atom. The van der Waals surface area contributed by atoms with Crippen molar-refractivity contribution in [3.63, 3.8) is 0 Å². The fourth-order valence-corrected chi connectivity index (χ4v) is 1.86. The minimum atomic E-state index is -3.52. The normalized spacial score (nSPS) is 12.6. The number of hydrogen-bond donors (Lipinski definition) is 1. The van der Waals surface area contributed by atoms with Crippen molar-refractivity contribution in [1.29, 1.82) is 0 Å². The summed E-state index contributed by atoms with van der Waals surface area (Å²) in [7, 11) is -3.52. The first-order chi connectivity index (χ1) is 7.45. The predicted octanol–water partition coefficient (Wildman–Crippen LogP) is 2.06. The molecule has 0 aliphatic rings. The summed E-state index contributed by atoms with van der Waals surface area (Å²) in [6.45, 7) is 5.60. The van der Waals surface area contributed by atoms with Gasteiger partial charge in [0.05, 0.1) is 4.90 Å². The van der Waals surface area contributed by atoms with Crippen LogP contribution in [0.15, 0.2) is 34.3 Å². The number of benzene rings is 1. The van der Waals surface area contributed by atoms with Gasteiger partial charge in [0, 0.05) is 5.71 Å². The average Bonchev–Trinajstić information content (AvgIpc) is 2.26. The number of hydrazone groups is 1. The molecule has 0 radical (unpaired) electrons. The van der Waals surface area contributed by atoms with E-state index in [4.69, 9.17) is 0 Å². The fraction of sp³-hybridized carbons (Fsp3) is 0.364. The lowest BCUT2D eigenvalue weighted by Gasteiger charge is -2.04. The van der Waals surface area contributed by atoms with E-state index in [0.717, 1.165) is 17.7 Å². The molecule has 0 atom stereocenters. The molecule has 0 aliphatic heterocycles. The molecule has 0 aliphatic carbocycles. The van der Waals surface area contributed by atoms with Crippen molar-refractivity contribution >= 4 is 15.7 Å². The smallest absolute Gasteiger partial charge is 0.200 e. The molecule has 0 bridgehead atoms. The molecule has 4 nitrogen and oxygen atoms in total. The Morgan fingerprint density at radius 3 is 2.38 bits per heavy atom. The summed E-state index contributed by atoms with van der Waals surface area (Å²) in [4.78, 5) is 2.43. The van der Waals surface area contributed by atoms with Crippen molar-refractivity contribution in [3.05, 3.63) is 29.8 Å². The highest BCUT2D eigenvalue weighted by Crippen LogP contribution is 2.09. The van der Waals surface area contributed by atoms with Gasteiger partial charge in [-0.25, -0.2) is 4.83 Å². The molecule has 0 heterocycles. The molecule has 1 rings (SSSR count). The number of nitrogens with one attached hydrogen (secondary N) is 1. The molecular formula is C11H16N2O2S. The highest BCUT2D eigenvalue weighted by molar-refractivity contribution is 7.89. The third-order valence-electron chi connectivity index (χ3n) is 2.20. The Labute approximate surface area is 96.4 Å². The molecule has 0 fully saturated rings. The van der Waals surface area contributed by atoms with E-state index in [-0.39, 0.29) is 4.90 Å². The molecule has 1 aromatic carbocycles. The highest BCUT2D eigenvalue weighted by Gasteiger charge is 2.11. The Hall–Kier alpha value is -1.36. The maximum absolute atomic E-state index is 11.7. The standard InChI is InChI=1S/C11H16N2O2S/c1-4-10(3)12-13-16(14,15)11-7-5-9(2)6-8-11/h5-8,13H,4H2,1-3H3. The topological polar surface area (TPSA) is 58.5 Å². The largest absolute Gasteiger partial charge is 0.276 e. The maximum atomic E-state index is 11.7. The molecule has 0 spiro atoms. The van der Waals surface area contributed by atoms with Crippen LogP contribution >= 0.6 is 0 Å². The van der Waals surface area contributed by atoms with Gasteiger partial charge >= 0.3 is 0 Å². The van der Waals surface area contributed by atoms with Crippen LogP contribution in [0.25, 0.3) is 0 Å². The third-order valence-corrected chi connectivity index (χ3v) is 3.42. The summed E-state index contributed by atoms with van der Waals surface area (Å²) in [6.07, 6.45) is 0.719. The summed E-state index contributed by atoms with van der Waals surface area (Å²) < 4.78 is 23.5. The van der Waals surface area contributed by atoms with Gasteiger partial charge in [-0.3, -0.25) is 0 Å². The van der Waals surface area contributed by atoms with Crippen molar-refractivity contribution in [1.82, 2.24) is 4.83 Å². The zero-order valence-electron chi connectivity index (χ0n) is 9.69. The van der Waals surface area contributed by atoms with Crippen LogP contribution in [0.3, 0.4) is 0 Å². The van der Waals surface area contributed by atoms with Gasteiger partial charge in [-0.05, 0) is 32.4 Å². The minimum absolute atomic E-state index is 0.228. The highest BCUT2D eigenvalue weighted by atomic mass is 32.2. The number of aryl methyl sites for hydroxylation is 1. The van der Waals surface area contributed by atoms with Gasteiger partial charge in [0.1, 0.15) is 0 Å². The third kappa shape index (κ3) is 3.34. The number of sulfonamides is 1. The lowest BCUT2D eigenvalue weighted by molar-refractivity contribution is 0.584. The predicted molar refractivity (Wildman–Crippen MR) is 64.9 cm³/mol. The molecule has 88 valence electrons. The summed E-state index contributed by atoms with van der Waals surface area (Å²) in [5.74, 6) is 0. The quantitative estimate of drug-likeness (QED) is 0.647. The summed E-state index contributed by atoms with van der Waals surface area (Å²) in [6, 6.07) is 6.64. The van der Waals surface area contributed by atoms with Crippen molar-refractivity contribution in [3.8, 4) is 0 Å². The van der Waals surface area contributed by atoms with Crippen LogP contribution in [0.5, 0.6) is 0 Å². The van der Waals surface area contributed by atoms with Crippen LogP contribution in [0, 0.1) is 6.92 Å². The molecule has 1 N–H and O–H groups in total. The van der Waals surface area contributed by atoms with E-state index >= 15 is 0 Å². The second kappa shape index (κ2) is 5.12. The monoisotopic (exact) mass is 240 g/mol. The fourth-order valence-electron chi connectivity index (χ4n) is 0.987. The van der Waals surface area contributed by atoms with Gasteiger partial charge in [0.25, 0.3) is 10.0 Å². The van der Waals surface area contributed by atoms with Crippen molar-refractivity contribution in [2.75, 3.05) is 0 Å². The van der Waals surface area contributed by atoms with Gasteiger partial charge in [-0.15, -0.1) is 0 Å². The van der Waals surface area contributed by atoms with E-state index in [0.29, 0.717) is 0 Å². The van der Waals surface area contributed by atoms with Crippen molar-refractivity contribution in [2.45, 2.75) is 32.1 Å². The minimum Gasteiger partial charge on any atom is -0.200 e. The molecule has 0 saturated heterocycles. The first-order valence-electron chi connectivity index (χ1n) is 5.07. The SMILES string of the molecule is CCC(C)=NNS(=O)(=O)c1ccc(C)cc1. The molecule has 0 amide bonds. The Kier molecular flexibility index (Phi) is 4.06. The number of rotatable bonds is 4. The van der Waals surface area contributed by atoms with E-state index in [1.165, 1.54) is 0 Å². The van der Waals surface area contributed by atoms with Crippen molar-refractivity contribution in [2.24, 2.45) is 5.10 Å². The lowest BCUT2D eigenvalue weighted by Crippen LogP contribution is -2.19. The first kappa shape index (κ1) is 12.7. The Balaban J connectivity index is 2.91. The van der Waals surface area contributed by atoms with Crippen LogP contribution < -0.4 is 4.83 Å². The number of hydrogen-bond acceptors (Lipinski definition) is 3. The second-order valence-electron chi connectivity index (χ2n) is 3.61. The molecule has 0 unspecified atom stereocenters. The van der Waals surface area contributed by atoms with Crippen molar-refractivity contribution < 1.29 is 8.42 Å². The van der Waals surface area contributed by atoms with Crippen LogP contribution in [-0.2, 0) is 10.0 Å². The van der Waals surface area contributed by atoms with Crippen LogP contribution in [0.2, 0.25) is 0 Å². The average molecular weight is 240 g/mol. The first-order valence-corrected chi connectivity index (χ1v) is 6.55. The second-order valence-corrected chi connectivity index (χ2v) is 5.27. The zero-order valence-corrected chi connectivity index (χ0v) is 10.5. The van der Waals surface area contributed by atoms with Gasteiger partial charge in [0.15, 0.2) is 0 Å². The van der Waals surface area contributed by atoms with E-state index in [1.807, 2.05) is 13.8 Å². The lowest BCUT2D eigenvalue weighted by atomic mass is 10.2. The summed E-state index contributed by atoms with van der Waals surface area (Å²) in [5.41, 5.74) is 1.77. The van der Waals surface area contributed by atoms with Gasteiger partial charge in [-0.2, -0.15) is 13.5 Å². The van der Waals surface area contributed by atoms with Crippen LogP contribution in [0.4, 0.5) is 0 Å².